The maximum absolute atomic E-state index is 12.1. The zero-order valence-electron chi connectivity index (χ0n) is 15.1. The van der Waals surface area contributed by atoms with Gasteiger partial charge in [-0.15, -0.1) is 11.8 Å². The second-order valence-corrected chi connectivity index (χ2v) is 7.44. The smallest absolute Gasteiger partial charge is 0.221 e. The van der Waals surface area contributed by atoms with E-state index >= 15 is 0 Å². The Balaban J connectivity index is 1.40. The average molecular weight is 372 g/mol. The number of ether oxygens (including phenoxy) is 1. The second kappa shape index (κ2) is 9.48. The third kappa shape index (κ3) is 5.39. The summed E-state index contributed by atoms with van der Waals surface area (Å²) in [4.78, 5) is 20.0. The lowest BCUT2D eigenvalue weighted by Crippen LogP contribution is -2.24. The fourth-order valence-electron chi connectivity index (χ4n) is 2.91. The zero-order valence-corrected chi connectivity index (χ0v) is 15.9. The first-order valence-corrected chi connectivity index (χ1v) is 9.96. The third-order valence-corrected chi connectivity index (χ3v) is 5.40. The first-order valence-electron chi connectivity index (χ1n) is 8.98. The molecule has 26 heavy (non-hydrogen) atoms. The van der Waals surface area contributed by atoms with Crippen LogP contribution in [0.25, 0.3) is 0 Å². The standard InChI is InChI=1S/C20H25N3O2S/c1-25-17-4-6-18(7-5-17)26-13-9-20(24)22-15-16-8-10-21-19(14-16)23-11-2-3-12-23/h4-8,10,14H,2-3,9,11-13,15H2,1H3,(H,22,24). The summed E-state index contributed by atoms with van der Waals surface area (Å²) < 4.78 is 5.15. The molecule has 5 nitrogen and oxygen atoms in total. The molecule has 1 aromatic heterocycles. The van der Waals surface area contributed by atoms with Crippen LogP contribution in [0.15, 0.2) is 47.5 Å². The van der Waals surface area contributed by atoms with Crippen LogP contribution in [0.1, 0.15) is 24.8 Å². The lowest BCUT2D eigenvalue weighted by molar-refractivity contribution is -0.120. The van der Waals surface area contributed by atoms with E-state index in [-0.39, 0.29) is 5.91 Å². The molecule has 1 aliphatic rings. The minimum absolute atomic E-state index is 0.0746. The monoisotopic (exact) mass is 371 g/mol. The van der Waals surface area contributed by atoms with Gasteiger partial charge >= 0.3 is 0 Å². The van der Waals surface area contributed by atoms with E-state index in [0.29, 0.717) is 13.0 Å². The normalized spacial score (nSPS) is 13.7. The Bertz CT molecular complexity index is 715. The predicted molar refractivity (Wildman–Crippen MR) is 106 cm³/mol. The highest BCUT2D eigenvalue weighted by atomic mass is 32.2. The van der Waals surface area contributed by atoms with Crippen LogP contribution in [0.2, 0.25) is 0 Å². The number of nitrogens with one attached hydrogen (secondary N) is 1. The van der Waals surface area contributed by atoms with E-state index < -0.39 is 0 Å². The van der Waals surface area contributed by atoms with E-state index in [1.807, 2.05) is 36.5 Å². The average Bonchev–Trinajstić information content (AvgIpc) is 3.22. The van der Waals surface area contributed by atoms with Crippen molar-refractivity contribution in [2.45, 2.75) is 30.7 Å². The molecular weight excluding hydrogens is 346 g/mol. The highest BCUT2D eigenvalue weighted by molar-refractivity contribution is 7.99. The summed E-state index contributed by atoms with van der Waals surface area (Å²) in [6.07, 6.45) is 4.79. The predicted octanol–water partition coefficient (Wildman–Crippen LogP) is 3.49. The molecule has 0 radical (unpaired) electrons. The van der Waals surface area contributed by atoms with Crippen LogP contribution in [0.3, 0.4) is 0 Å². The van der Waals surface area contributed by atoms with Crippen LogP contribution < -0.4 is 15.0 Å². The van der Waals surface area contributed by atoms with Gasteiger partial charge in [0.2, 0.25) is 5.91 Å². The molecule has 0 spiro atoms. The zero-order chi connectivity index (χ0) is 18.2. The summed E-state index contributed by atoms with van der Waals surface area (Å²) >= 11 is 1.68. The summed E-state index contributed by atoms with van der Waals surface area (Å²) in [5.74, 6) is 2.70. The van der Waals surface area contributed by atoms with Crippen molar-refractivity contribution < 1.29 is 9.53 Å². The van der Waals surface area contributed by atoms with Crippen molar-refractivity contribution in [2.24, 2.45) is 0 Å². The molecule has 0 aliphatic carbocycles. The minimum atomic E-state index is 0.0746. The number of anilines is 1. The Hall–Kier alpha value is -2.21. The lowest BCUT2D eigenvalue weighted by atomic mass is 10.2. The van der Waals surface area contributed by atoms with Crippen molar-refractivity contribution >= 4 is 23.5 Å². The van der Waals surface area contributed by atoms with Gasteiger partial charge in [0.15, 0.2) is 0 Å². The van der Waals surface area contributed by atoms with E-state index in [0.717, 1.165) is 40.9 Å². The molecule has 3 rings (SSSR count). The van der Waals surface area contributed by atoms with E-state index in [9.17, 15) is 4.79 Å². The van der Waals surface area contributed by atoms with Crippen molar-refractivity contribution in [3.05, 3.63) is 48.2 Å². The number of aromatic nitrogens is 1. The van der Waals surface area contributed by atoms with Crippen LogP contribution in [0.5, 0.6) is 5.75 Å². The number of benzene rings is 1. The van der Waals surface area contributed by atoms with Crippen molar-refractivity contribution in [2.75, 3.05) is 30.9 Å². The molecule has 0 atom stereocenters. The number of pyridine rings is 1. The van der Waals surface area contributed by atoms with Gasteiger partial charge in [0, 0.05) is 42.9 Å². The maximum Gasteiger partial charge on any atom is 0.221 e. The summed E-state index contributed by atoms with van der Waals surface area (Å²) in [6.45, 7) is 2.70. The number of amides is 1. The Morgan fingerprint density at radius 1 is 1.23 bits per heavy atom. The van der Waals surface area contributed by atoms with Gasteiger partial charge in [-0.25, -0.2) is 4.98 Å². The molecule has 0 bridgehead atoms. The summed E-state index contributed by atoms with van der Waals surface area (Å²) in [6, 6.07) is 11.9. The van der Waals surface area contributed by atoms with Gasteiger partial charge in [-0.05, 0) is 54.8 Å². The first kappa shape index (κ1) is 18.6. The first-order chi connectivity index (χ1) is 12.7. The van der Waals surface area contributed by atoms with E-state index in [4.69, 9.17) is 4.74 Å². The molecular formula is C20H25N3O2S. The molecule has 1 fully saturated rings. The van der Waals surface area contributed by atoms with Gasteiger partial charge in [-0.2, -0.15) is 0 Å². The van der Waals surface area contributed by atoms with Gasteiger partial charge in [0.1, 0.15) is 11.6 Å². The number of nitrogens with zero attached hydrogens (tertiary/aromatic N) is 2. The molecule has 1 aromatic carbocycles. The van der Waals surface area contributed by atoms with Gasteiger partial charge in [0.25, 0.3) is 0 Å². The molecule has 1 amide bonds. The van der Waals surface area contributed by atoms with Crippen molar-refractivity contribution in [3.8, 4) is 5.75 Å². The van der Waals surface area contributed by atoms with Gasteiger partial charge < -0.3 is 15.0 Å². The van der Waals surface area contributed by atoms with Crippen molar-refractivity contribution in [1.29, 1.82) is 0 Å². The van der Waals surface area contributed by atoms with E-state index in [1.165, 1.54) is 12.8 Å². The van der Waals surface area contributed by atoms with Crippen LogP contribution >= 0.6 is 11.8 Å². The van der Waals surface area contributed by atoms with Crippen LogP contribution in [-0.2, 0) is 11.3 Å². The van der Waals surface area contributed by atoms with Gasteiger partial charge in [-0.1, -0.05) is 0 Å². The largest absolute Gasteiger partial charge is 0.497 e. The van der Waals surface area contributed by atoms with Gasteiger partial charge in [0.05, 0.1) is 7.11 Å². The Morgan fingerprint density at radius 2 is 2.00 bits per heavy atom. The number of hydrogen-bond donors (Lipinski definition) is 1. The Morgan fingerprint density at radius 3 is 2.73 bits per heavy atom. The second-order valence-electron chi connectivity index (χ2n) is 6.27. The quantitative estimate of drug-likeness (QED) is 0.720. The number of rotatable bonds is 8. The molecule has 6 heteroatoms. The number of carbonyl (C=O) groups excluding carboxylic acids is 1. The number of methoxy groups -OCH3 is 1. The summed E-state index contributed by atoms with van der Waals surface area (Å²) in [7, 11) is 1.66. The topological polar surface area (TPSA) is 54.5 Å². The number of carbonyl (C=O) groups is 1. The number of thioether (sulfide) groups is 1. The van der Waals surface area contributed by atoms with Crippen LogP contribution in [0.4, 0.5) is 5.82 Å². The Labute approximate surface area is 159 Å². The van der Waals surface area contributed by atoms with Crippen LogP contribution in [-0.4, -0.2) is 36.8 Å². The van der Waals surface area contributed by atoms with E-state index in [1.54, 1.807) is 18.9 Å². The molecule has 1 N–H and O–H groups in total. The SMILES string of the molecule is COc1ccc(SCCC(=O)NCc2ccnc(N3CCCC3)c2)cc1. The molecule has 138 valence electrons. The molecule has 1 aliphatic heterocycles. The van der Waals surface area contributed by atoms with Crippen molar-refractivity contribution in [1.82, 2.24) is 10.3 Å². The Kier molecular flexibility index (Phi) is 6.77. The third-order valence-electron chi connectivity index (χ3n) is 4.39. The highest BCUT2D eigenvalue weighted by Crippen LogP contribution is 2.22. The molecule has 2 heterocycles. The van der Waals surface area contributed by atoms with Crippen LogP contribution in [0, 0.1) is 0 Å². The maximum atomic E-state index is 12.1. The number of hydrogen-bond acceptors (Lipinski definition) is 5. The molecule has 0 saturated carbocycles. The molecule has 2 aromatic rings. The molecule has 0 unspecified atom stereocenters. The van der Waals surface area contributed by atoms with Gasteiger partial charge in [-0.3, -0.25) is 4.79 Å². The minimum Gasteiger partial charge on any atom is -0.497 e. The fourth-order valence-corrected chi connectivity index (χ4v) is 3.76. The summed E-state index contributed by atoms with van der Waals surface area (Å²) in [5.41, 5.74) is 1.10. The van der Waals surface area contributed by atoms with Crippen molar-refractivity contribution in [3.63, 3.8) is 0 Å². The molecule has 1 saturated heterocycles. The highest BCUT2D eigenvalue weighted by Gasteiger charge is 2.13. The summed E-state index contributed by atoms with van der Waals surface area (Å²) in [5, 5.41) is 3.00. The van der Waals surface area contributed by atoms with E-state index in [2.05, 4.69) is 21.3 Å². The fraction of sp³-hybridized carbons (Fsp3) is 0.400. The lowest BCUT2D eigenvalue weighted by Gasteiger charge is -2.17.